The first-order valence-corrected chi connectivity index (χ1v) is 19.2. The average molecular weight is 798 g/mol. The third-order valence-electron chi connectivity index (χ3n) is 9.39. The van der Waals surface area contributed by atoms with Crippen LogP contribution in [0.2, 0.25) is 0 Å². The van der Waals surface area contributed by atoms with Crippen molar-refractivity contribution < 1.29 is 43.0 Å². The van der Waals surface area contributed by atoms with Crippen molar-refractivity contribution in [1.82, 2.24) is 25.4 Å². The number of amides is 4. The van der Waals surface area contributed by atoms with Gasteiger partial charge in [0, 0.05) is 68.6 Å². The van der Waals surface area contributed by atoms with Crippen LogP contribution in [0.25, 0.3) is 11.1 Å². The van der Waals surface area contributed by atoms with Crippen LogP contribution in [0.4, 0.5) is 8.78 Å². The summed E-state index contributed by atoms with van der Waals surface area (Å²) in [5.74, 6) is -3.90. The van der Waals surface area contributed by atoms with Gasteiger partial charge < -0.3 is 47.1 Å². The molecule has 3 aromatic rings. The quantitative estimate of drug-likeness (QED) is 0.0700. The van der Waals surface area contributed by atoms with Crippen LogP contribution in [0.3, 0.4) is 0 Å². The molecule has 3 atom stereocenters. The number of nitrogens with one attached hydrogen (secondary N) is 3. The van der Waals surface area contributed by atoms with Crippen molar-refractivity contribution in [2.24, 2.45) is 16.9 Å². The fourth-order valence-electron chi connectivity index (χ4n) is 6.46. The first-order valence-electron chi connectivity index (χ1n) is 19.2. The van der Waals surface area contributed by atoms with Gasteiger partial charge in [-0.25, -0.2) is 8.78 Å². The van der Waals surface area contributed by atoms with Gasteiger partial charge in [0.1, 0.15) is 24.3 Å². The summed E-state index contributed by atoms with van der Waals surface area (Å²) in [4.78, 5) is 62.9. The molecule has 0 aliphatic carbocycles. The van der Waals surface area contributed by atoms with Crippen molar-refractivity contribution in [3.63, 3.8) is 0 Å². The number of unbranched alkanes of at least 4 members (excludes halogenated alkanes) is 1. The van der Waals surface area contributed by atoms with Gasteiger partial charge in [-0.15, -0.1) is 0 Å². The number of carbonyl (C=O) groups excluding carboxylic acids is 4. The molecular weight excluding hydrogens is 740 g/mol. The number of hydrogen-bond donors (Lipinski definition) is 7. The average Bonchev–Trinajstić information content (AvgIpc) is 3.56. The highest BCUT2D eigenvalue weighted by atomic mass is 19.1. The van der Waals surface area contributed by atoms with Gasteiger partial charge >= 0.3 is 5.97 Å². The third-order valence-corrected chi connectivity index (χ3v) is 9.39. The van der Waals surface area contributed by atoms with Crippen LogP contribution in [0, 0.1) is 17.0 Å². The van der Waals surface area contributed by atoms with Crippen LogP contribution >= 0.6 is 0 Å². The maximum atomic E-state index is 15.0. The van der Waals surface area contributed by atoms with E-state index in [1.54, 1.807) is 12.3 Å². The molecule has 14 nitrogen and oxygen atoms in total. The molecular formula is C41H57F2N7O7. The summed E-state index contributed by atoms with van der Waals surface area (Å²) in [5.41, 5.74) is 13.1. The standard InChI is InChI=1S/C41H57F2N7O7/c1-41(2,3)38(34-22-28(30-23-29(42)15-16-31(30)43)25-49(34)24-27-10-5-4-6-11-27)50(37(54)26-51)21-17-32(44)39(55)48-20-19-47-36(53)14-9-13-35(52)46-18-8-7-12-33(45)40(56)57/h4-6,10-11,15-16,22-23,25,32-33,38,51H,7-9,12-14,17-21,24,26,44-45H2,1-3H3,(H,46,52)(H,47,53)(H,48,55)(H,56,57). The predicted molar refractivity (Wildman–Crippen MR) is 211 cm³/mol. The Morgan fingerprint density at radius 1 is 0.825 bits per heavy atom. The van der Waals surface area contributed by atoms with E-state index in [4.69, 9.17) is 16.6 Å². The fraction of sp³-hybridized carbons (Fsp3) is 0.488. The Labute approximate surface area is 332 Å². The molecule has 0 saturated carbocycles. The topological polar surface area (TPSA) is 222 Å². The van der Waals surface area contributed by atoms with Gasteiger partial charge in [-0.05, 0) is 67.3 Å². The molecule has 16 heteroatoms. The number of halogens is 2. The lowest BCUT2D eigenvalue weighted by Crippen LogP contribution is -2.48. The van der Waals surface area contributed by atoms with E-state index in [2.05, 4.69) is 16.0 Å². The van der Waals surface area contributed by atoms with E-state index < -0.39 is 59.6 Å². The number of aliphatic carboxylic acids is 1. The molecule has 1 heterocycles. The maximum absolute atomic E-state index is 15.0. The van der Waals surface area contributed by atoms with Crippen LogP contribution in [-0.2, 0) is 30.5 Å². The molecule has 2 aromatic carbocycles. The minimum Gasteiger partial charge on any atom is -0.480 e. The van der Waals surface area contributed by atoms with Gasteiger partial charge in [0.05, 0.1) is 12.1 Å². The molecule has 312 valence electrons. The fourth-order valence-corrected chi connectivity index (χ4v) is 6.46. The van der Waals surface area contributed by atoms with E-state index in [1.165, 1.54) is 4.90 Å². The van der Waals surface area contributed by atoms with Crippen molar-refractivity contribution >= 4 is 29.6 Å². The molecule has 1 aromatic heterocycles. The number of carbonyl (C=O) groups is 5. The summed E-state index contributed by atoms with van der Waals surface area (Å²) in [6.45, 7) is 5.87. The first-order chi connectivity index (χ1) is 27.0. The second-order valence-electron chi connectivity index (χ2n) is 15.1. The molecule has 3 rings (SSSR count). The highest BCUT2D eigenvalue weighted by molar-refractivity contribution is 5.82. The Balaban J connectivity index is 1.58. The van der Waals surface area contributed by atoms with E-state index in [0.29, 0.717) is 50.0 Å². The summed E-state index contributed by atoms with van der Waals surface area (Å²) < 4.78 is 31.2. The summed E-state index contributed by atoms with van der Waals surface area (Å²) in [7, 11) is 0. The van der Waals surface area contributed by atoms with Gasteiger partial charge in [0.2, 0.25) is 23.6 Å². The van der Waals surface area contributed by atoms with Crippen molar-refractivity contribution in [2.75, 3.05) is 32.8 Å². The second kappa shape index (κ2) is 22.5. The first kappa shape index (κ1) is 46.2. The predicted octanol–water partition coefficient (Wildman–Crippen LogP) is 3.21. The zero-order chi connectivity index (χ0) is 42.1. The van der Waals surface area contributed by atoms with E-state index >= 15 is 4.39 Å². The van der Waals surface area contributed by atoms with Crippen LogP contribution in [0.5, 0.6) is 0 Å². The number of carboxylic acids is 1. The smallest absolute Gasteiger partial charge is 0.320 e. The lowest BCUT2D eigenvalue weighted by Gasteiger charge is -2.41. The van der Waals surface area contributed by atoms with Crippen molar-refractivity contribution in [3.8, 4) is 11.1 Å². The molecule has 0 bridgehead atoms. The number of hydrogen-bond acceptors (Lipinski definition) is 8. The summed E-state index contributed by atoms with van der Waals surface area (Å²) in [6.07, 6.45) is 3.77. The van der Waals surface area contributed by atoms with Gasteiger partial charge in [-0.3, -0.25) is 24.0 Å². The minimum absolute atomic E-state index is 0.0146. The molecule has 0 saturated heterocycles. The van der Waals surface area contributed by atoms with Gasteiger partial charge in [-0.1, -0.05) is 51.1 Å². The Morgan fingerprint density at radius 2 is 1.47 bits per heavy atom. The molecule has 0 radical (unpaired) electrons. The molecule has 3 unspecified atom stereocenters. The number of nitrogens with two attached hydrogens (primary N) is 2. The SMILES string of the molecule is CC(C)(C)C(c1cc(-c2cc(F)ccc2F)cn1Cc1ccccc1)N(CCC(N)C(=O)NCCNC(=O)CCCC(=O)NCCCCC(N)C(=O)O)C(=O)CO. The Morgan fingerprint density at radius 3 is 2.11 bits per heavy atom. The number of rotatable bonds is 23. The summed E-state index contributed by atoms with van der Waals surface area (Å²) >= 11 is 0. The zero-order valence-corrected chi connectivity index (χ0v) is 32.9. The number of aromatic nitrogens is 1. The van der Waals surface area contributed by atoms with Gasteiger partial charge in [0.15, 0.2) is 0 Å². The summed E-state index contributed by atoms with van der Waals surface area (Å²) in [6, 6.07) is 11.8. The number of benzene rings is 2. The Hall–Kier alpha value is -5.19. The lowest BCUT2D eigenvalue weighted by molar-refractivity contribution is -0.140. The third kappa shape index (κ3) is 15.0. The van der Waals surface area contributed by atoms with E-state index in [9.17, 15) is 33.5 Å². The summed E-state index contributed by atoms with van der Waals surface area (Å²) in [5, 5.41) is 27.0. The second-order valence-corrected chi connectivity index (χ2v) is 15.1. The highest BCUT2D eigenvalue weighted by Gasteiger charge is 2.37. The Bertz CT molecular complexity index is 1800. The van der Waals surface area contributed by atoms with E-state index in [1.807, 2.05) is 55.7 Å². The molecule has 0 aliphatic heterocycles. The van der Waals surface area contributed by atoms with Gasteiger partial charge in [0.25, 0.3) is 0 Å². The zero-order valence-electron chi connectivity index (χ0n) is 32.9. The van der Waals surface area contributed by atoms with Crippen LogP contribution in [-0.4, -0.2) is 94.1 Å². The molecule has 0 aliphatic rings. The molecule has 0 spiro atoms. The Kier molecular flexibility index (Phi) is 18.3. The maximum Gasteiger partial charge on any atom is 0.320 e. The number of aliphatic hydroxyl groups is 1. The van der Waals surface area contributed by atoms with Crippen molar-refractivity contribution in [1.29, 1.82) is 0 Å². The van der Waals surface area contributed by atoms with Crippen LogP contribution in [0.15, 0.2) is 60.8 Å². The van der Waals surface area contributed by atoms with Crippen LogP contribution < -0.4 is 27.4 Å². The highest BCUT2D eigenvalue weighted by Crippen LogP contribution is 2.41. The van der Waals surface area contributed by atoms with E-state index in [-0.39, 0.29) is 56.3 Å². The number of carboxylic acid groups (broad SMARTS) is 1. The molecule has 57 heavy (non-hydrogen) atoms. The number of nitrogens with zero attached hydrogens (tertiary/aromatic N) is 2. The molecule has 4 amide bonds. The largest absolute Gasteiger partial charge is 0.480 e. The van der Waals surface area contributed by atoms with Crippen molar-refractivity contribution in [2.45, 2.75) is 90.4 Å². The lowest BCUT2D eigenvalue weighted by atomic mass is 9.82. The van der Waals surface area contributed by atoms with Crippen molar-refractivity contribution in [3.05, 3.63) is 83.7 Å². The van der Waals surface area contributed by atoms with Gasteiger partial charge in [-0.2, -0.15) is 0 Å². The molecule has 9 N–H and O–H groups in total. The normalized spacial score (nSPS) is 13.0. The number of aliphatic hydroxyl groups excluding tert-OH is 1. The van der Waals surface area contributed by atoms with Crippen LogP contribution in [0.1, 0.15) is 83.0 Å². The minimum atomic E-state index is -1.06. The van der Waals surface area contributed by atoms with E-state index in [0.717, 1.165) is 23.8 Å². The molecule has 0 fully saturated rings. The monoisotopic (exact) mass is 797 g/mol.